The van der Waals surface area contributed by atoms with Crippen LogP contribution in [0, 0.1) is 25.2 Å². The fourth-order valence-corrected chi connectivity index (χ4v) is 6.82. The van der Waals surface area contributed by atoms with Gasteiger partial charge in [0.15, 0.2) is 0 Å². The summed E-state index contributed by atoms with van der Waals surface area (Å²) in [6.45, 7) is 9.06. The Kier molecular flexibility index (Phi) is 5.12. The molecule has 0 bridgehead atoms. The third-order valence-electron chi connectivity index (χ3n) is 8.56. The standard InChI is InChI=1S/C36H31N3/c1-23-18-24(2)20-28(19-23)38(26-14-12-25(22-37)13-15-26)27-16-17-33-30(21-27)29-8-7-10-32-35(29)39(33)34-11-6-5-9-31(34)36(32,3)4/h6-8,10-21H,5,9H2,1-4H3. The van der Waals surface area contributed by atoms with Gasteiger partial charge >= 0.3 is 0 Å². The Labute approximate surface area is 229 Å². The molecule has 39 heavy (non-hydrogen) atoms. The lowest BCUT2D eigenvalue weighted by molar-refractivity contribution is 0.585. The minimum atomic E-state index is 0.000422. The van der Waals surface area contributed by atoms with E-state index in [-0.39, 0.29) is 5.41 Å². The highest BCUT2D eigenvalue weighted by Gasteiger charge is 2.36. The van der Waals surface area contributed by atoms with Crippen LogP contribution in [0.25, 0.3) is 27.5 Å². The average Bonchev–Trinajstić information content (AvgIpc) is 3.26. The molecule has 1 aliphatic carbocycles. The number of anilines is 3. The summed E-state index contributed by atoms with van der Waals surface area (Å²) < 4.78 is 2.50. The molecule has 1 aliphatic heterocycles. The molecule has 0 atom stereocenters. The van der Waals surface area contributed by atoms with Crippen molar-refractivity contribution in [3.63, 3.8) is 0 Å². The van der Waals surface area contributed by atoms with Crippen molar-refractivity contribution in [1.29, 1.82) is 5.26 Å². The van der Waals surface area contributed by atoms with Gasteiger partial charge in [-0.15, -0.1) is 0 Å². The molecule has 190 valence electrons. The maximum Gasteiger partial charge on any atom is 0.0991 e. The first-order valence-electron chi connectivity index (χ1n) is 13.7. The monoisotopic (exact) mass is 505 g/mol. The van der Waals surface area contributed by atoms with Crippen LogP contribution >= 0.6 is 0 Å². The van der Waals surface area contributed by atoms with E-state index in [1.807, 2.05) is 24.3 Å². The predicted molar refractivity (Wildman–Crippen MR) is 163 cm³/mol. The van der Waals surface area contributed by atoms with E-state index in [4.69, 9.17) is 0 Å². The van der Waals surface area contributed by atoms with Gasteiger partial charge in [-0.3, -0.25) is 0 Å². The van der Waals surface area contributed by atoms with Crippen molar-refractivity contribution in [1.82, 2.24) is 4.57 Å². The van der Waals surface area contributed by atoms with Crippen molar-refractivity contribution in [2.75, 3.05) is 4.90 Å². The molecule has 0 unspecified atom stereocenters. The second-order valence-electron chi connectivity index (χ2n) is 11.5. The van der Waals surface area contributed by atoms with Crippen molar-refractivity contribution in [3.8, 4) is 6.07 Å². The van der Waals surface area contributed by atoms with Gasteiger partial charge in [0.25, 0.3) is 0 Å². The fraction of sp³-hybridized carbons (Fsp3) is 0.194. The van der Waals surface area contributed by atoms with Crippen molar-refractivity contribution in [2.24, 2.45) is 0 Å². The third-order valence-corrected chi connectivity index (χ3v) is 8.56. The molecule has 0 saturated heterocycles. The SMILES string of the molecule is Cc1cc(C)cc(N(c2ccc(C#N)cc2)c2ccc3c(c2)c2cccc4c2n3C2=C(CCC=C2)C4(C)C)c1. The molecule has 5 aromatic rings. The van der Waals surface area contributed by atoms with Crippen molar-refractivity contribution >= 4 is 44.6 Å². The van der Waals surface area contributed by atoms with Gasteiger partial charge in [-0.25, -0.2) is 0 Å². The summed E-state index contributed by atoms with van der Waals surface area (Å²) in [4.78, 5) is 2.31. The second kappa shape index (κ2) is 8.48. The minimum absolute atomic E-state index is 0.000422. The van der Waals surface area contributed by atoms with E-state index in [9.17, 15) is 5.26 Å². The first-order valence-corrected chi connectivity index (χ1v) is 13.7. The molecule has 3 nitrogen and oxygen atoms in total. The van der Waals surface area contributed by atoms with Gasteiger partial charge in [0.05, 0.1) is 22.7 Å². The van der Waals surface area contributed by atoms with E-state index in [1.54, 1.807) is 0 Å². The van der Waals surface area contributed by atoms with E-state index in [1.165, 1.54) is 49.8 Å². The van der Waals surface area contributed by atoms with Crippen LogP contribution < -0.4 is 4.90 Å². The summed E-state index contributed by atoms with van der Waals surface area (Å²) in [6, 6.07) is 30.5. The zero-order chi connectivity index (χ0) is 26.9. The number of benzene rings is 4. The second-order valence-corrected chi connectivity index (χ2v) is 11.5. The number of para-hydroxylation sites is 1. The Morgan fingerprint density at radius 2 is 1.56 bits per heavy atom. The van der Waals surface area contributed by atoms with Crippen molar-refractivity contribution in [3.05, 3.63) is 119 Å². The number of rotatable bonds is 3. The summed E-state index contributed by atoms with van der Waals surface area (Å²) in [5.74, 6) is 0. The van der Waals surface area contributed by atoms with Crippen molar-refractivity contribution in [2.45, 2.75) is 46.0 Å². The number of nitrogens with zero attached hydrogens (tertiary/aromatic N) is 3. The van der Waals surface area contributed by atoms with Gasteiger partial charge in [-0.05, 0) is 110 Å². The predicted octanol–water partition coefficient (Wildman–Crippen LogP) is 9.61. The van der Waals surface area contributed by atoms with Gasteiger partial charge in [0, 0.05) is 38.9 Å². The number of aryl methyl sites for hydroxylation is 2. The van der Waals surface area contributed by atoms with E-state index >= 15 is 0 Å². The van der Waals surface area contributed by atoms with E-state index in [2.05, 4.69) is 110 Å². The van der Waals surface area contributed by atoms with E-state index in [0.717, 1.165) is 29.9 Å². The lowest BCUT2D eigenvalue weighted by Gasteiger charge is -2.37. The maximum atomic E-state index is 9.39. The normalized spacial score (nSPS) is 15.5. The van der Waals surface area contributed by atoms with Crippen LogP contribution in [0.4, 0.5) is 17.1 Å². The number of aromatic nitrogens is 1. The maximum absolute atomic E-state index is 9.39. The molecular weight excluding hydrogens is 474 g/mol. The smallest absolute Gasteiger partial charge is 0.0991 e. The molecule has 0 radical (unpaired) electrons. The zero-order valence-electron chi connectivity index (χ0n) is 22.9. The summed E-state index contributed by atoms with van der Waals surface area (Å²) in [6.07, 6.45) is 6.86. The molecule has 0 amide bonds. The summed E-state index contributed by atoms with van der Waals surface area (Å²) in [7, 11) is 0. The summed E-state index contributed by atoms with van der Waals surface area (Å²) in [5, 5.41) is 11.9. The van der Waals surface area contributed by atoms with Crippen LogP contribution in [0.15, 0.2) is 96.6 Å². The summed E-state index contributed by atoms with van der Waals surface area (Å²) in [5.41, 5.74) is 13.2. The van der Waals surface area contributed by atoms with Gasteiger partial charge in [-0.2, -0.15) is 5.26 Å². The molecule has 7 rings (SSSR count). The molecular formula is C36H31N3. The largest absolute Gasteiger partial charge is 0.310 e. The Morgan fingerprint density at radius 3 is 2.31 bits per heavy atom. The van der Waals surface area contributed by atoms with Crippen molar-refractivity contribution < 1.29 is 0 Å². The summed E-state index contributed by atoms with van der Waals surface area (Å²) >= 11 is 0. The van der Waals surface area contributed by atoms with Gasteiger partial charge in [0.1, 0.15) is 0 Å². The number of allylic oxidation sites excluding steroid dienone is 4. The zero-order valence-corrected chi connectivity index (χ0v) is 22.9. The molecule has 0 fully saturated rings. The highest BCUT2D eigenvalue weighted by molar-refractivity contribution is 6.14. The van der Waals surface area contributed by atoms with E-state index in [0.29, 0.717) is 5.56 Å². The van der Waals surface area contributed by atoms with Gasteiger partial charge in [0.2, 0.25) is 0 Å². The molecule has 3 heteroatoms. The fourth-order valence-electron chi connectivity index (χ4n) is 6.82. The Morgan fingerprint density at radius 1 is 0.821 bits per heavy atom. The number of nitriles is 1. The van der Waals surface area contributed by atoms with Crippen LogP contribution in [-0.2, 0) is 5.41 Å². The lowest BCUT2D eigenvalue weighted by atomic mass is 9.71. The number of hydrogen-bond acceptors (Lipinski definition) is 2. The highest BCUT2D eigenvalue weighted by atomic mass is 15.1. The van der Waals surface area contributed by atoms with Crippen LogP contribution in [0.2, 0.25) is 0 Å². The Hall–Kier alpha value is -4.55. The number of hydrogen-bond donors (Lipinski definition) is 0. The van der Waals surface area contributed by atoms with Crippen LogP contribution in [0.1, 0.15) is 48.9 Å². The minimum Gasteiger partial charge on any atom is -0.310 e. The van der Waals surface area contributed by atoms with Gasteiger partial charge in [-0.1, -0.05) is 44.2 Å². The molecule has 0 saturated carbocycles. The molecule has 1 aromatic heterocycles. The first kappa shape index (κ1) is 23.6. The molecule has 0 spiro atoms. The molecule has 0 N–H and O–H groups in total. The topological polar surface area (TPSA) is 32.0 Å². The number of fused-ring (bicyclic) bond motifs is 4. The van der Waals surface area contributed by atoms with Crippen LogP contribution in [0.3, 0.4) is 0 Å². The average molecular weight is 506 g/mol. The lowest BCUT2D eigenvalue weighted by Crippen LogP contribution is -2.28. The van der Waals surface area contributed by atoms with Gasteiger partial charge < -0.3 is 9.47 Å². The Balaban J connectivity index is 1.51. The molecule has 4 aromatic carbocycles. The first-order chi connectivity index (χ1) is 18.9. The Bertz CT molecular complexity index is 1890. The highest BCUT2D eigenvalue weighted by Crippen LogP contribution is 2.50. The van der Waals surface area contributed by atoms with Crippen LogP contribution in [-0.4, -0.2) is 4.57 Å². The van der Waals surface area contributed by atoms with Crippen LogP contribution in [0.5, 0.6) is 0 Å². The quantitative estimate of drug-likeness (QED) is 0.244. The molecule has 2 aliphatic rings. The third kappa shape index (κ3) is 3.48. The molecule has 2 heterocycles. The van der Waals surface area contributed by atoms with E-state index < -0.39 is 0 Å².